The molecule has 19 heavy (non-hydrogen) atoms. The average Bonchev–Trinajstić information content (AvgIpc) is 2.70. The van der Waals surface area contributed by atoms with Gasteiger partial charge in [-0.3, -0.25) is 4.68 Å². The van der Waals surface area contributed by atoms with Crippen molar-refractivity contribution in [2.45, 2.75) is 19.3 Å². The minimum Gasteiger partial charge on any atom is -0.330 e. The van der Waals surface area contributed by atoms with Gasteiger partial charge in [-0.25, -0.2) is 0 Å². The summed E-state index contributed by atoms with van der Waals surface area (Å²) in [6, 6.07) is 0. The summed E-state index contributed by atoms with van der Waals surface area (Å²) in [5, 5.41) is 4.22. The molecule has 1 aromatic rings. The number of rotatable bonds is 6. The minimum absolute atomic E-state index is 0.807. The first-order valence-electron chi connectivity index (χ1n) is 7.40. The fraction of sp³-hybridized carbons (Fsp3) is 0.786. The van der Waals surface area contributed by atoms with Crippen molar-refractivity contribution in [3.8, 4) is 0 Å². The largest absolute Gasteiger partial charge is 0.330 e. The Kier molecular flexibility index (Phi) is 5.82. The number of aryl methyl sites for hydroxylation is 1. The summed E-state index contributed by atoms with van der Waals surface area (Å²) < 4.78 is 1.88. The van der Waals surface area contributed by atoms with E-state index in [0.29, 0.717) is 0 Å². The lowest BCUT2D eigenvalue weighted by molar-refractivity contribution is 0.257. The molecule has 0 radical (unpaired) electrons. The highest BCUT2D eigenvalue weighted by Crippen LogP contribution is 2.06. The van der Waals surface area contributed by atoms with Crippen molar-refractivity contribution in [2.24, 2.45) is 12.8 Å². The van der Waals surface area contributed by atoms with Gasteiger partial charge in [-0.15, -0.1) is 0 Å². The van der Waals surface area contributed by atoms with Crippen LogP contribution in [-0.2, 0) is 13.5 Å². The molecular weight excluding hydrogens is 238 g/mol. The Morgan fingerprint density at radius 2 is 1.89 bits per heavy atom. The number of hydrogen-bond acceptors (Lipinski definition) is 4. The maximum Gasteiger partial charge on any atom is 0.0522 e. The van der Waals surface area contributed by atoms with Gasteiger partial charge in [0.05, 0.1) is 6.20 Å². The van der Waals surface area contributed by atoms with Crippen LogP contribution in [0.2, 0.25) is 0 Å². The zero-order valence-electron chi connectivity index (χ0n) is 12.1. The molecule has 1 aliphatic heterocycles. The normalized spacial score (nSPS) is 18.6. The first-order chi connectivity index (χ1) is 9.28. The van der Waals surface area contributed by atoms with Crippen molar-refractivity contribution in [3.63, 3.8) is 0 Å². The molecule has 5 heteroatoms. The van der Waals surface area contributed by atoms with Crippen LogP contribution in [-0.4, -0.2) is 65.4 Å². The fourth-order valence-corrected chi connectivity index (χ4v) is 2.67. The van der Waals surface area contributed by atoms with Crippen molar-refractivity contribution >= 4 is 0 Å². The molecule has 1 fully saturated rings. The zero-order chi connectivity index (χ0) is 13.5. The van der Waals surface area contributed by atoms with Gasteiger partial charge in [0.15, 0.2) is 0 Å². The number of hydrogen-bond donors (Lipinski definition) is 1. The van der Waals surface area contributed by atoms with E-state index in [4.69, 9.17) is 5.73 Å². The molecule has 0 bridgehead atoms. The Morgan fingerprint density at radius 3 is 2.53 bits per heavy atom. The molecule has 0 aromatic carbocycles. The Hall–Kier alpha value is -0.910. The monoisotopic (exact) mass is 265 g/mol. The van der Waals surface area contributed by atoms with Gasteiger partial charge in [0.1, 0.15) is 0 Å². The molecule has 0 spiro atoms. The maximum absolute atomic E-state index is 5.58. The number of aromatic nitrogens is 2. The van der Waals surface area contributed by atoms with Crippen LogP contribution in [0.1, 0.15) is 18.4 Å². The van der Waals surface area contributed by atoms with Crippen molar-refractivity contribution < 1.29 is 0 Å². The van der Waals surface area contributed by atoms with Crippen LogP contribution in [0.5, 0.6) is 0 Å². The average molecular weight is 265 g/mol. The molecule has 1 aliphatic rings. The van der Waals surface area contributed by atoms with Crippen LogP contribution in [0.15, 0.2) is 12.4 Å². The Morgan fingerprint density at radius 1 is 1.16 bits per heavy atom. The summed E-state index contributed by atoms with van der Waals surface area (Å²) in [6.45, 7) is 7.94. The van der Waals surface area contributed by atoms with E-state index in [0.717, 1.165) is 32.5 Å². The second-order valence-corrected chi connectivity index (χ2v) is 5.45. The van der Waals surface area contributed by atoms with E-state index in [1.165, 1.54) is 38.2 Å². The van der Waals surface area contributed by atoms with E-state index < -0.39 is 0 Å². The van der Waals surface area contributed by atoms with E-state index >= 15 is 0 Å². The third kappa shape index (κ3) is 4.93. The van der Waals surface area contributed by atoms with E-state index in [1.807, 2.05) is 17.9 Å². The molecule has 2 N–H and O–H groups in total. The maximum atomic E-state index is 5.58. The van der Waals surface area contributed by atoms with Gasteiger partial charge in [0.25, 0.3) is 0 Å². The lowest BCUT2D eigenvalue weighted by Gasteiger charge is -2.21. The molecule has 5 nitrogen and oxygen atoms in total. The standard InChI is InChI=1S/C14H27N5/c1-17-13-14(12-16-17)4-9-19-8-3-7-18(10-11-19)6-2-5-15/h12-13H,2-11,15H2,1H3. The Balaban J connectivity index is 1.70. The molecule has 2 heterocycles. The third-order valence-electron chi connectivity index (χ3n) is 3.83. The lowest BCUT2D eigenvalue weighted by atomic mass is 10.2. The Bertz CT molecular complexity index is 362. The van der Waals surface area contributed by atoms with Crippen LogP contribution in [0.3, 0.4) is 0 Å². The molecule has 1 saturated heterocycles. The molecule has 0 unspecified atom stereocenters. The van der Waals surface area contributed by atoms with E-state index in [1.54, 1.807) is 0 Å². The third-order valence-corrected chi connectivity index (χ3v) is 3.83. The highest BCUT2D eigenvalue weighted by molar-refractivity contribution is 5.04. The van der Waals surface area contributed by atoms with Gasteiger partial charge in [0.2, 0.25) is 0 Å². The molecular formula is C14H27N5. The summed E-state index contributed by atoms with van der Waals surface area (Å²) in [7, 11) is 1.98. The van der Waals surface area contributed by atoms with Crippen molar-refractivity contribution in [3.05, 3.63) is 18.0 Å². The molecule has 0 amide bonds. The van der Waals surface area contributed by atoms with Gasteiger partial charge in [-0.05, 0) is 51.0 Å². The topological polar surface area (TPSA) is 50.3 Å². The van der Waals surface area contributed by atoms with Crippen LogP contribution in [0.25, 0.3) is 0 Å². The van der Waals surface area contributed by atoms with Crippen LogP contribution in [0.4, 0.5) is 0 Å². The second-order valence-electron chi connectivity index (χ2n) is 5.45. The summed E-state index contributed by atoms with van der Waals surface area (Å²) in [5.74, 6) is 0. The molecule has 108 valence electrons. The van der Waals surface area contributed by atoms with Gasteiger partial charge in [-0.1, -0.05) is 0 Å². The molecule has 0 atom stereocenters. The highest BCUT2D eigenvalue weighted by Gasteiger charge is 2.14. The van der Waals surface area contributed by atoms with Gasteiger partial charge < -0.3 is 15.5 Å². The van der Waals surface area contributed by atoms with E-state index in [2.05, 4.69) is 21.1 Å². The van der Waals surface area contributed by atoms with Crippen LogP contribution >= 0.6 is 0 Å². The van der Waals surface area contributed by atoms with Gasteiger partial charge in [-0.2, -0.15) is 5.10 Å². The summed E-state index contributed by atoms with van der Waals surface area (Å²) in [6.07, 6.45) is 7.60. The molecule has 0 saturated carbocycles. The highest BCUT2D eigenvalue weighted by atomic mass is 15.2. The Labute approximate surface area is 116 Å². The van der Waals surface area contributed by atoms with Crippen LogP contribution in [0, 0.1) is 0 Å². The molecule has 2 rings (SSSR count). The number of nitrogens with two attached hydrogens (primary N) is 1. The van der Waals surface area contributed by atoms with Crippen LogP contribution < -0.4 is 5.73 Å². The van der Waals surface area contributed by atoms with Crippen molar-refractivity contribution in [2.75, 3.05) is 45.8 Å². The van der Waals surface area contributed by atoms with E-state index in [9.17, 15) is 0 Å². The predicted molar refractivity (Wildman–Crippen MR) is 78.1 cm³/mol. The smallest absolute Gasteiger partial charge is 0.0522 e. The lowest BCUT2D eigenvalue weighted by Crippen LogP contribution is -2.33. The SMILES string of the molecule is Cn1cc(CCN2CCCN(CCCN)CC2)cn1. The van der Waals surface area contributed by atoms with Gasteiger partial charge >= 0.3 is 0 Å². The predicted octanol–water partition coefficient (Wildman–Crippen LogP) is 0.319. The second kappa shape index (κ2) is 7.62. The number of nitrogens with zero attached hydrogens (tertiary/aromatic N) is 4. The summed E-state index contributed by atoms with van der Waals surface area (Å²) >= 11 is 0. The quantitative estimate of drug-likeness (QED) is 0.805. The van der Waals surface area contributed by atoms with Gasteiger partial charge in [0, 0.05) is 32.9 Å². The van der Waals surface area contributed by atoms with Crippen molar-refractivity contribution in [1.29, 1.82) is 0 Å². The summed E-state index contributed by atoms with van der Waals surface area (Å²) in [5.41, 5.74) is 6.92. The first-order valence-corrected chi connectivity index (χ1v) is 7.40. The fourth-order valence-electron chi connectivity index (χ4n) is 2.67. The van der Waals surface area contributed by atoms with E-state index in [-0.39, 0.29) is 0 Å². The minimum atomic E-state index is 0.807. The summed E-state index contributed by atoms with van der Waals surface area (Å²) in [4.78, 5) is 5.13. The molecule has 0 aliphatic carbocycles. The zero-order valence-corrected chi connectivity index (χ0v) is 12.1. The van der Waals surface area contributed by atoms with Crippen molar-refractivity contribution in [1.82, 2.24) is 19.6 Å². The first kappa shape index (κ1) is 14.5. The molecule has 1 aromatic heterocycles.